The van der Waals surface area contributed by atoms with E-state index in [9.17, 15) is 4.79 Å². The molecule has 0 aliphatic heterocycles. The number of benzene rings is 1. The number of aromatic nitrogens is 1. The molecule has 100 valence electrons. The lowest BCUT2D eigenvalue weighted by molar-refractivity contribution is -0.120. The molecule has 0 aliphatic rings. The SMILES string of the molecule is O=C(Cc1coc2ccccc12)NCc1ccncc1. The van der Waals surface area contributed by atoms with Gasteiger partial charge in [-0.2, -0.15) is 0 Å². The minimum atomic E-state index is -0.0200. The summed E-state index contributed by atoms with van der Waals surface area (Å²) in [7, 11) is 0. The van der Waals surface area contributed by atoms with Crippen molar-refractivity contribution in [3.63, 3.8) is 0 Å². The second-order valence-electron chi connectivity index (χ2n) is 4.57. The van der Waals surface area contributed by atoms with Crippen LogP contribution in [0.1, 0.15) is 11.1 Å². The van der Waals surface area contributed by atoms with Crippen LogP contribution in [-0.4, -0.2) is 10.9 Å². The van der Waals surface area contributed by atoms with Gasteiger partial charge in [-0.1, -0.05) is 18.2 Å². The van der Waals surface area contributed by atoms with Gasteiger partial charge in [0.1, 0.15) is 5.58 Å². The molecule has 0 saturated heterocycles. The van der Waals surface area contributed by atoms with Gasteiger partial charge >= 0.3 is 0 Å². The number of hydrogen-bond donors (Lipinski definition) is 1. The van der Waals surface area contributed by atoms with Crippen LogP contribution in [0.25, 0.3) is 11.0 Å². The Morgan fingerprint density at radius 3 is 2.80 bits per heavy atom. The third-order valence-corrected chi connectivity index (χ3v) is 3.15. The number of carbonyl (C=O) groups excluding carboxylic acids is 1. The summed E-state index contributed by atoms with van der Waals surface area (Å²) < 4.78 is 5.42. The van der Waals surface area contributed by atoms with Gasteiger partial charge in [0, 0.05) is 29.9 Å². The number of nitrogens with zero attached hydrogens (tertiary/aromatic N) is 1. The van der Waals surface area contributed by atoms with E-state index in [0.29, 0.717) is 13.0 Å². The van der Waals surface area contributed by atoms with Gasteiger partial charge in [-0.25, -0.2) is 0 Å². The molecule has 2 aromatic heterocycles. The molecule has 0 aliphatic carbocycles. The normalized spacial score (nSPS) is 10.6. The van der Waals surface area contributed by atoms with E-state index < -0.39 is 0 Å². The van der Waals surface area contributed by atoms with Crippen LogP contribution in [0.2, 0.25) is 0 Å². The third kappa shape index (κ3) is 2.69. The Kier molecular flexibility index (Phi) is 3.46. The second kappa shape index (κ2) is 5.57. The fourth-order valence-electron chi connectivity index (χ4n) is 2.11. The molecule has 3 aromatic rings. The topological polar surface area (TPSA) is 55.1 Å². The summed E-state index contributed by atoms with van der Waals surface area (Å²) in [5.74, 6) is -0.0200. The predicted molar refractivity (Wildman–Crippen MR) is 76.0 cm³/mol. The summed E-state index contributed by atoms with van der Waals surface area (Å²) in [6.07, 6.45) is 5.40. The fraction of sp³-hybridized carbons (Fsp3) is 0.125. The first-order chi connectivity index (χ1) is 9.83. The van der Waals surface area contributed by atoms with Crippen molar-refractivity contribution in [3.05, 3.63) is 66.2 Å². The van der Waals surface area contributed by atoms with Gasteiger partial charge < -0.3 is 9.73 Å². The number of amides is 1. The highest BCUT2D eigenvalue weighted by atomic mass is 16.3. The molecule has 3 rings (SSSR count). The summed E-state index contributed by atoms with van der Waals surface area (Å²) in [5, 5.41) is 3.89. The van der Waals surface area contributed by atoms with E-state index in [0.717, 1.165) is 22.1 Å². The van der Waals surface area contributed by atoms with Crippen LogP contribution in [0.5, 0.6) is 0 Å². The Hall–Kier alpha value is -2.62. The van der Waals surface area contributed by atoms with Gasteiger partial charge in [-0.05, 0) is 23.8 Å². The van der Waals surface area contributed by atoms with Gasteiger partial charge in [-0.3, -0.25) is 9.78 Å². The lowest BCUT2D eigenvalue weighted by Gasteiger charge is -2.04. The van der Waals surface area contributed by atoms with Crippen LogP contribution < -0.4 is 5.32 Å². The van der Waals surface area contributed by atoms with E-state index in [1.54, 1.807) is 18.7 Å². The highest BCUT2D eigenvalue weighted by Gasteiger charge is 2.09. The molecule has 1 aromatic carbocycles. The van der Waals surface area contributed by atoms with Crippen molar-refractivity contribution in [3.8, 4) is 0 Å². The van der Waals surface area contributed by atoms with Crippen molar-refractivity contribution in [1.29, 1.82) is 0 Å². The van der Waals surface area contributed by atoms with E-state index in [1.165, 1.54) is 0 Å². The molecule has 0 fully saturated rings. The van der Waals surface area contributed by atoms with Crippen molar-refractivity contribution < 1.29 is 9.21 Å². The van der Waals surface area contributed by atoms with Gasteiger partial charge in [-0.15, -0.1) is 0 Å². The van der Waals surface area contributed by atoms with Crippen molar-refractivity contribution >= 4 is 16.9 Å². The van der Waals surface area contributed by atoms with Crippen molar-refractivity contribution in [1.82, 2.24) is 10.3 Å². The third-order valence-electron chi connectivity index (χ3n) is 3.15. The van der Waals surface area contributed by atoms with Crippen LogP contribution in [0, 0.1) is 0 Å². The van der Waals surface area contributed by atoms with Crippen LogP contribution in [-0.2, 0) is 17.8 Å². The number of carbonyl (C=O) groups is 1. The number of hydrogen-bond acceptors (Lipinski definition) is 3. The zero-order valence-electron chi connectivity index (χ0n) is 10.9. The van der Waals surface area contributed by atoms with Gasteiger partial charge in [0.25, 0.3) is 0 Å². The molecule has 20 heavy (non-hydrogen) atoms. The molecule has 4 heteroatoms. The first-order valence-electron chi connectivity index (χ1n) is 6.43. The Labute approximate surface area is 116 Å². The fourth-order valence-corrected chi connectivity index (χ4v) is 2.11. The standard InChI is InChI=1S/C16H14N2O2/c19-16(18-10-12-5-7-17-8-6-12)9-13-11-20-15-4-2-1-3-14(13)15/h1-8,11H,9-10H2,(H,18,19). The smallest absolute Gasteiger partial charge is 0.224 e. The molecule has 0 bridgehead atoms. The summed E-state index contributed by atoms with van der Waals surface area (Å²) >= 11 is 0. The molecule has 4 nitrogen and oxygen atoms in total. The number of para-hydroxylation sites is 1. The summed E-state index contributed by atoms with van der Waals surface area (Å²) in [6, 6.07) is 11.5. The molecular weight excluding hydrogens is 252 g/mol. The van der Waals surface area contributed by atoms with Crippen molar-refractivity contribution in [2.45, 2.75) is 13.0 Å². The number of nitrogens with one attached hydrogen (secondary N) is 1. The molecule has 0 unspecified atom stereocenters. The molecule has 1 amide bonds. The summed E-state index contributed by atoms with van der Waals surface area (Å²) in [5.41, 5.74) is 2.75. The van der Waals surface area contributed by atoms with E-state index in [-0.39, 0.29) is 5.91 Å². The minimum absolute atomic E-state index is 0.0200. The Morgan fingerprint density at radius 1 is 1.15 bits per heavy atom. The molecule has 1 N–H and O–H groups in total. The first kappa shape index (κ1) is 12.4. The maximum Gasteiger partial charge on any atom is 0.224 e. The van der Waals surface area contributed by atoms with Gasteiger partial charge in [0.05, 0.1) is 12.7 Å². The first-order valence-corrected chi connectivity index (χ1v) is 6.43. The zero-order chi connectivity index (χ0) is 13.8. The minimum Gasteiger partial charge on any atom is -0.464 e. The zero-order valence-corrected chi connectivity index (χ0v) is 10.9. The molecule has 0 atom stereocenters. The quantitative estimate of drug-likeness (QED) is 0.790. The van der Waals surface area contributed by atoms with Gasteiger partial charge in [0.15, 0.2) is 0 Å². The van der Waals surface area contributed by atoms with E-state index in [1.807, 2.05) is 36.4 Å². The maximum absolute atomic E-state index is 12.0. The molecule has 2 heterocycles. The highest BCUT2D eigenvalue weighted by molar-refractivity contribution is 5.87. The van der Waals surface area contributed by atoms with Crippen LogP contribution >= 0.6 is 0 Å². The molecule has 0 saturated carbocycles. The molecular formula is C16H14N2O2. The predicted octanol–water partition coefficient (Wildman–Crippen LogP) is 2.69. The summed E-state index contributed by atoms with van der Waals surface area (Å²) in [6.45, 7) is 0.511. The van der Waals surface area contributed by atoms with Crippen molar-refractivity contribution in [2.75, 3.05) is 0 Å². The van der Waals surface area contributed by atoms with Crippen LogP contribution in [0.4, 0.5) is 0 Å². The van der Waals surface area contributed by atoms with Crippen molar-refractivity contribution in [2.24, 2.45) is 0 Å². The summed E-state index contributed by atoms with van der Waals surface area (Å²) in [4.78, 5) is 15.9. The lowest BCUT2D eigenvalue weighted by atomic mass is 10.1. The number of furan rings is 1. The van der Waals surface area contributed by atoms with E-state index in [4.69, 9.17) is 4.42 Å². The Bertz CT molecular complexity index is 719. The van der Waals surface area contributed by atoms with Crippen LogP contribution in [0.15, 0.2) is 59.5 Å². The largest absolute Gasteiger partial charge is 0.464 e. The number of fused-ring (bicyclic) bond motifs is 1. The Morgan fingerprint density at radius 2 is 1.95 bits per heavy atom. The van der Waals surface area contributed by atoms with E-state index >= 15 is 0 Å². The number of rotatable bonds is 4. The second-order valence-corrected chi connectivity index (χ2v) is 4.57. The molecule has 0 spiro atoms. The highest BCUT2D eigenvalue weighted by Crippen LogP contribution is 2.20. The average molecular weight is 266 g/mol. The average Bonchev–Trinajstić information content (AvgIpc) is 2.90. The lowest BCUT2D eigenvalue weighted by Crippen LogP contribution is -2.24. The van der Waals surface area contributed by atoms with Gasteiger partial charge in [0.2, 0.25) is 5.91 Å². The Balaban J connectivity index is 1.64. The molecule has 0 radical (unpaired) electrons. The van der Waals surface area contributed by atoms with Crippen LogP contribution in [0.3, 0.4) is 0 Å². The van der Waals surface area contributed by atoms with E-state index in [2.05, 4.69) is 10.3 Å². The maximum atomic E-state index is 12.0. The number of pyridine rings is 1. The monoisotopic (exact) mass is 266 g/mol.